The van der Waals surface area contributed by atoms with Crippen LogP contribution in [0.5, 0.6) is 0 Å². The van der Waals surface area contributed by atoms with Crippen molar-refractivity contribution in [1.29, 1.82) is 0 Å². The van der Waals surface area contributed by atoms with Gasteiger partial charge in [0, 0.05) is 13.2 Å². The van der Waals surface area contributed by atoms with E-state index in [0.717, 1.165) is 4.68 Å². The SMILES string of the molecule is CN(CC(=O)Nc1ccccc1Cl)C(=O)Cn1nc2ccccn2c1=O. The smallest absolute Gasteiger partial charge is 0.335 e. The number of pyridine rings is 1. The lowest BCUT2D eigenvalue weighted by atomic mass is 10.3. The number of benzene rings is 1. The van der Waals surface area contributed by atoms with Gasteiger partial charge in [-0.15, -0.1) is 5.10 Å². The van der Waals surface area contributed by atoms with E-state index in [-0.39, 0.29) is 13.1 Å². The maximum atomic E-state index is 12.3. The van der Waals surface area contributed by atoms with Gasteiger partial charge in [0.25, 0.3) is 0 Å². The number of rotatable bonds is 5. The number of aromatic nitrogens is 3. The first-order chi connectivity index (χ1) is 12.5. The van der Waals surface area contributed by atoms with E-state index in [1.165, 1.54) is 16.3 Å². The minimum Gasteiger partial charge on any atom is -0.335 e. The first kappa shape index (κ1) is 17.7. The largest absolute Gasteiger partial charge is 0.350 e. The standard InChI is InChI=1S/C17H16ClN5O3/c1-21(10-15(24)19-13-7-3-2-6-12(13)18)16(25)11-23-17(26)22-9-5-4-8-14(22)20-23/h2-9H,10-11H2,1H3,(H,19,24). The first-order valence-corrected chi connectivity index (χ1v) is 8.16. The predicted molar refractivity (Wildman–Crippen MR) is 97.2 cm³/mol. The topological polar surface area (TPSA) is 88.7 Å². The lowest BCUT2D eigenvalue weighted by molar-refractivity contribution is -0.134. The molecule has 0 saturated carbocycles. The van der Waals surface area contributed by atoms with E-state index < -0.39 is 17.5 Å². The Morgan fingerprint density at radius 3 is 2.65 bits per heavy atom. The lowest BCUT2D eigenvalue weighted by Gasteiger charge is -2.16. The van der Waals surface area contributed by atoms with E-state index in [1.807, 2.05) is 0 Å². The van der Waals surface area contributed by atoms with E-state index in [2.05, 4.69) is 10.4 Å². The van der Waals surface area contributed by atoms with Gasteiger partial charge in [0.05, 0.1) is 17.3 Å². The second-order valence-corrected chi connectivity index (χ2v) is 6.05. The zero-order valence-electron chi connectivity index (χ0n) is 13.9. The molecule has 134 valence electrons. The molecule has 0 aliphatic rings. The fourth-order valence-corrected chi connectivity index (χ4v) is 2.56. The third-order valence-corrected chi connectivity index (χ3v) is 4.06. The fraction of sp³-hybridized carbons (Fsp3) is 0.176. The number of likely N-dealkylation sites (N-methyl/N-ethyl adjacent to an activating group) is 1. The molecule has 2 heterocycles. The molecule has 8 nitrogen and oxygen atoms in total. The van der Waals surface area contributed by atoms with Gasteiger partial charge in [-0.2, -0.15) is 0 Å². The van der Waals surface area contributed by atoms with Gasteiger partial charge >= 0.3 is 5.69 Å². The summed E-state index contributed by atoms with van der Waals surface area (Å²) in [4.78, 5) is 37.8. The molecule has 3 aromatic rings. The van der Waals surface area contributed by atoms with Crippen LogP contribution in [0, 0.1) is 0 Å². The van der Waals surface area contributed by atoms with Crippen molar-refractivity contribution in [2.24, 2.45) is 0 Å². The van der Waals surface area contributed by atoms with Gasteiger partial charge in [0.1, 0.15) is 6.54 Å². The molecular weight excluding hydrogens is 358 g/mol. The van der Waals surface area contributed by atoms with E-state index in [9.17, 15) is 14.4 Å². The van der Waals surface area contributed by atoms with Crippen LogP contribution in [0.15, 0.2) is 53.5 Å². The quantitative estimate of drug-likeness (QED) is 0.729. The monoisotopic (exact) mass is 373 g/mol. The summed E-state index contributed by atoms with van der Waals surface area (Å²) in [7, 11) is 1.48. The number of anilines is 1. The molecule has 3 rings (SSSR count). The Hall–Kier alpha value is -3.13. The molecule has 26 heavy (non-hydrogen) atoms. The van der Waals surface area contributed by atoms with Gasteiger partial charge < -0.3 is 10.2 Å². The van der Waals surface area contributed by atoms with Gasteiger partial charge in [-0.3, -0.25) is 14.0 Å². The molecule has 0 aliphatic heterocycles. The van der Waals surface area contributed by atoms with E-state index in [1.54, 1.807) is 48.7 Å². The van der Waals surface area contributed by atoms with Crippen molar-refractivity contribution in [2.75, 3.05) is 18.9 Å². The Balaban J connectivity index is 1.64. The van der Waals surface area contributed by atoms with Crippen LogP contribution in [-0.4, -0.2) is 44.5 Å². The summed E-state index contributed by atoms with van der Waals surface area (Å²) >= 11 is 5.99. The number of halogens is 1. The van der Waals surface area contributed by atoms with Crippen molar-refractivity contribution in [3.05, 3.63) is 64.2 Å². The summed E-state index contributed by atoms with van der Waals surface area (Å²) < 4.78 is 2.41. The summed E-state index contributed by atoms with van der Waals surface area (Å²) in [6.45, 7) is -0.428. The number of carbonyl (C=O) groups excluding carboxylic acids is 2. The molecule has 2 amide bonds. The predicted octanol–water partition coefficient (Wildman–Crippen LogP) is 1.25. The van der Waals surface area contributed by atoms with Crippen LogP contribution in [0.25, 0.3) is 5.65 Å². The molecule has 0 fully saturated rings. The van der Waals surface area contributed by atoms with Crippen LogP contribution in [-0.2, 0) is 16.1 Å². The Morgan fingerprint density at radius 2 is 1.92 bits per heavy atom. The number of carbonyl (C=O) groups is 2. The number of hydrogen-bond acceptors (Lipinski definition) is 4. The van der Waals surface area contributed by atoms with Gasteiger partial charge in [0.2, 0.25) is 11.8 Å². The molecule has 0 unspecified atom stereocenters. The third-order valence-electron chi connectivity index (χ3n) is 3.73. The van der Waals surface area contributed by atoms with E-state index >= 15 is 0 Å². The highest BCUT2D eigenvalue weighted by molar-refractivity contribution is 6.33. The van der Waals surface area contributed by atoms with Gasteiger partial charge in [0.15, 0.2) is 5.65 Å². The van der Waals surface area contributed by atoms with Crippen molar-refractivity contribution in [1.82, 2.24) is 19.1 Å². The van der Waals surface area contributed by atoms with Crippen molar-refractivity contribution in [3.8, 4) is 0 Å². The number of fused-ring (bicyclic) bond motifs is 1. The van der Waals surface area contributed by atoms with Crippen LogP contribution < -0.4 is 11.0 Å². The number of hydrogen-bond donors (Lipinski definition) is 1. The van der Waals surface area contributed by atoms with Crippen molar-refractivity contribution in [3.63, 3.8) is 0 Å². The lowest BCUT2D eigenvalue weighted by Crippen LogP contribution is -2.38. The Morgan fingerprint density at radius 1 is 1.19 bits per heavy atom. The molecule has 1 N–H and O–H groups in total. The van der Waals surface area contributed by atoms with E-state index in [0.29, 0.717) is 16.4 Å². The molecule has 0 atom stereocenters. The van der Waals surface area contributed by atoms with Crippen molar-refractivity contribution < 1.29 is 9.59 Å². The zero-order valence-corrected chi connectivity index (χ0v) is 14.7. The number of nitrogens with one attached hydrogen (secondary N) is 1. The van der Waals surface area contributed by atoms with Crippen LogP contribution >= 0.6 is 11.6 Å². The summed E-state index contributed by atoms with van der Waals surface area (Å²) in [6.07, 6.45) is 1.58. The summed E-state index contributed by atoms with van der Waals surface area (Å²) in [5, 5.41) is 7.14. The molecule has 0 bridgehead atoms. The maximum absolute atomic E-state index is 12.3. The average molecular weight is 374 g/mol. The Bertz CT molecular complexity index is 1030. The van der Waals surface area contributed by atoms with Crippen LogP contribution in [0.3, 0.4) is 0 Å². The average Bonchev–Trinajstić information content (AvgIpc) is 2.93. The second-order valence-electron chi connectivity index (χ2n) is 5.65. The molecule has 0 saturated heterocycles. The highest BCUT2D eigenvalue weighted by Crippen LogP contribution is 2.20. The fourth-order valence-electron chi connectivity index (χ4n) is 2.38. The molecular formula is C17H16ClN5O3. The summed E-state index contributed by atoms with van der Waals surface area (Å²) in [5.41, 5.74) is 0.504. The zero-order chi connectivity index (χ0) is 18.7. The van der Waals surface area contributed by atoms with Crippen molar-refractivity contribution >= 4 is 34.7 Å². The molecule has 0 aliphatic carbocycles. The first-order valence-electron chi connectivity index (χ1n) is 7.78. The Kier molecular flexibility index (Phi) is 5.04. The number of nitrogens with zero attached hydrogens (tertiary/aromatic N) is 4. The van der Waals surface area contributed by atoms with Gasteiger partial charge in [-0.1, -0.05) is 29.8 Å². The minimum absolute atomic E-state index is 0.174. The molecule has 1 aromatic carbocycles. The third kappa shape index (κ3) is 3.75. The van der Waals surface area contributed by atoms with Crippen LogP contribution in [0.1, 0.15) is 0 Å². The molecule has 0 radical (unpaired) electrons. The normalized spacial score (nSPS) is 10.7. The van der Waals surface area contributed by atoms with Gasteiger partial charge in [-0.25, -0.2) is 9.48 Å². The number of amides is 2. The molecule has 2 aromatic heterocycles. The Labute approximate surface area is 153 Å². The summed E-state index contributed by atoms with van der Waals surface area (Å²) in [5.74, 6) is -0.805. The number of para-hydroxylation sites is 1. The van der Waals surface area contributed by atoms with Crippen LogP contribution in [0.4, 0.5) is 5.69 Å². The van der Waals surface area contributed by atoms with Crippen molar-refractivity contribution in [2.45, 2.75) is 6.54 Å². The molecule has 9 heteroatoms. The highest BCUT2D eigenvalue weighted by atomic mass is 35.5. The highest BCUT2D eigenvalue weighted by Gasteiger charge is 2.17. The second kappa shape index (κ2) is 7.40. The summed E-state index contributed by atoms with van der Waals surface area (Å²) in [6, 6.07) is 11.9. The maximum Gasteiger partial charge on any atom is 0.350 e. The molecule has 0 spiro atoms. The van der Waals surface area contributed by atoms with E-state index in [4.69, 9.17) is 11.6 Å². The van der Waals surface area contributed by atoms with Gasteiger partial charge in [-0.05, 0) is 24.3 Å². The minimum atomic E-state index is -0.414. The van der Waals surface area contributed by atoms with Crippen LogP contribution in [0.2, 0.25) is 5.02 Å².